The molecule has 0 bridgehead atoms. The fourth-order valence-corrected chi connectivity index (χ4v) is 9.94. The molecule has 43 heavy (non-hydrogen) atoms. The van der Waals surface area contributed by atoms with Gasteiger partial charge in [0.2, 0.25) is 0 Å². The van der Waals surface area contributed by atoms with Gasteiger partial charge >= 0.3 is 261 Å². The molecular formula is C39H53O3P. The molecule has 4 heteroatoms. The Morgan fingerprint density at radius 3 is 1.30 bits per heavy atom. The Morgan fingerprint density at radius 2 is 0.907 bits per heavy atom. The molecule has 4 aromatic carbocycles. The molecule has 0 saturated carbocycles. The maximum absolute atomic E-state index is 13.7. The second-order valence-corrected chi connectivity index (χ2v) is 19.9. The van der Waals surface area contributed by atoms with Crippen molar-refractivity contribution in [1.29, 1.82) is 0 Å². The molecule has 0 aliphatic rings. The minimum absolute atomic E-state index is 0.0905. The topological polar surface area (TPSA) is 49.7 Å². The molecule has 0 radical (unpaired) electrons. The Kier molecular flexibility index (Phi) is 8.06. The van der Waals surface area contributed by atoms with Gasteiger partial charge in [0, 0.05) is 0 Å². The van der Waals surface area contributed by atoms with E-state index in [0.717, 1.165) is 27.6 Å². The summed E-state index contributed by atoms with van der Waals surface area (Å²) in [5.41, 5.74) is 3.38. The normalized spacial score (nSPS) is 14.4. The number of hydrogen-bond acceptors (Lipinski definition) is 3. The van der Waals surface area contributed by atoms with Crippen molar-refractivity contribution in [2.24, 2.45) is 0 Å². The zero-order valence-corrected chi connectivity index (χ0v) is 29.6. The van der Waals surface area contributed by atoms with E-state index in [-0.39, 0.29) is 21.7 Å². The van der Waals surface area contributed by atoms with Crippen LogP contribution in [0.3, 0.4) is 0 Å². The van der Waals surface area contributed by atoms with Crippen molar-refractivity contribution in [2.45, 2.75) is 105 Å². The zero-order valence-electron chi connectivity index (χ0n) is 28.7. The van der Waals surface area contributed by atoms with Gasteiger partial charge in [0.05, 0.1) is 0 Å². The SMILES string of the molecule is COc1ccc2cc(P(O)(O)(c3ccc(C(C)(C)C)cc3C(C)(C)C)c3ccc(C(C)(C)C)cc3C(C)(C)C)ccc2c1. The first-order valence-electron chi connectivity index (χ1n) is 15.4. The molecule has 0 fully saturated rings. The number of rotatable bonds is 4. The van der Waals surface area contributed by atoms with E-state index >= 15 is 0 Å². The first-order valence-corrected chi connectivity index (χ1v) is 17.5. The monoisotopic (exact) mass is 600 g/mol. The van der Waals surface area contributed by atoms with Gasteiger partial charge in [-0.15, -0.1) is 0 Å². The number of ether oxygens (including phenoxy) is 1. The van der Waals surface area contributed by atoms with Crippen LogP contribution in [-0.4, -0.2) is 16.9 Å². The second-order valence-electron chi connectivity index (χ2n) is 16.4. The van der Waals surface area contributed by atoms with Crippen molar-refractivity contribution in [2.75, 3.05) is 7.11 Å². The summed E-state index contributed by atoms with van der Waals surface area (Å²) in [6.45, 7) is 26.2. The predicted octanol–water partition coefficient (Wildman–Crippen LogP) is 8.68. The van der Waals surface area contributed by atoms with Crippen molar-refractivity contribution in [1.82, 2.24) is 0 Å². The van der Waals surface area contributed by atoms with E-state index < -0.39 is 7.06 Å². The molecule has 4 rings (SSSR count). The van der Waals surface area contributed by atoms with E-state index in [1.165, 1.54) is 11.1 Å². The van der Waals surface area contributed by atoms with Crippen LogP contribution < -0.4 is 20.7 Å². The molecule has 0 saturated heterocycles. The molecule has 0 heterocycles. The van der Waals surface area contributed by atoms with Gasteiger partial charge < -0.3 is 0 Å². The molecule has 0 unspecified atom stereocenters. The van der Waals surface area contributed by atoms with Crippen LogP contribution in [-0.2, 0) is 21.7 Å². The summed E-state index contributed by atoms with van der Waals surface area (Å²) < 4.78 is 5.47. The van der Waals surface area contributed by atoms with Gasteiger partial charge in [0.15, 0.2) is 0 Å². The van der Waals surface area contributed by atoms with Gasteiger partial charge in [-0.2, -0.15) is 0 Å². The molecule has 0 aromatic heterocycles. The maximum atomic E-state index is 13.7. The first-order chi connectivity index (χ1) is 19.5. The average Bonchev–Trinajstić information content (AvgIpc) is 2.90. The summed E-state index contributed by atoms with van der Waals surface area (Å²) in [6, 6.07) is 24.4. The van der Waals surface area contributed by atoms with Crippen LogP contribution in [0.15, 0.2) is 72.8 Å². The predicted molar refractivity (Wildman–Crippen MR) is 188 cm³/mol. The Balaban J connectivity index is 2.24. The Hall–Kier alpha value is -2.71. The van der Waals surface area contributed by atoms with Gasteiger partial charge in [-0.25, -0.2) is 0 Å². The van der Waals surface area contributed by atoms with Gasteiger partial charge in [0.1, 0.15) is 0 Å². The minimum atomic E-state index is -5.05. The Morgan fingerprint density at radius 1 is 0.488 bits per heavy atom. The molecule has 0 amide bonds. The third-order valence-electron chi connectivity index (χ3n) is 8.77. The molecule has 0 aliphatic carbocycles. The summed E-state index contributed by atoms with van der Waals surface area (Å²) in [6.07, 6.45) is 0. The summed E-state index contributed by atoms with van der Waals surface area (Å²) in [7, 11) is -3.39. The van der Waals surface area contributed by atoms with Gasteiger partial charge in [0.25, 0.3) is 0 Å². The van der Waals surface area contributed by atoms with Gasteiger partial charge in [-0.05, 0) is 0 Å². The molecule has 0 atom stereocenters. The van der Waals surface area contributed by atoms with Crippen molar-refractivity contribution < 1.29 is 14.5 Å². The van der Waals surface area contributed by atoms with E-state index in [1.54, 1.807) is 7.11 Å². The standard InChI is InChI=1S/C39H53O3P/c1-36(2,3)28-16-20-34(32(24-28)38(7,8)9)43(40,41,31-19-15-26-22-30(42-13)18-14-27(26)23-31)35-21-17-29(37(4,5)6)25-33(35)39(10,11)12/h14-25,40-41H,1-13H3. The van der Waals surface area contributed by atoms with E-state index in [0.29, 0.717) is 15.9 Å². The molecule has 2 N–H and O–H groups in total. The van der Waals surface area contributed by atoms with Crippen LogP contribution in [0.25, 0.3) is 10.8 Å². The zero-order chi connectivity index (χ0) is 32.4. The van der Waals surface area contributed by atoms with Crippen LogP contribution in [0.4, 0.5) is 0 Å². The van der Waals surface area contributed by atoms with E-state index in [2.05, 4.69) is 107 Å². The number of hydrogen-bond donors (Lipinski definition) is 2. The molecule has 0 spiro atoms. The third kappa shape index (κ3) is 6.02. The summed E-state index contributed by atoms with van der Waals surface area (Å²) in [5.74, 6) is 0.770. The van der Waals surface area contributed by atoms with Gasteiger partial charge in [-0.3, -0.25) is 0 Å². The van der Waals surface area contributed by atoms with Crippen LogP contribution in [0.1, 0.15) is 105 Å². The van der Waals surface area contributed by atoms with Crippen molar-refractivity contribution >= 4 is 33.7 Å². The first kappa shape index (κ1) is 33.2. The van der Waals surface area contributed by atoms with Crippen LogP contribution in [0.5, 0.6) is 5.75 Å². The molecule has 0 aliphatic heterocycles. The van der Waals surface area contributed by atoms with Gasteiger partial charge in [-0.1, -0.05) is 0 Å². The molecular weight excluding hydrogens is 547 g/mol. The Labute approximate surface area is 260 Å². The van der Waals surface area contributed by atoms with Crippen molar-refractivity contribution in [3.8, 4) is 5.75 Å². The summed E-state index contributed by atoms with van der Waals surface area (Å²) in [4.78, 5) is 27.4. The number of benzene rings is 4. The Bertz CT molecular complexity index is 1590. The number of methoxy groups -OCH3 is 1. The molecule has 4 aromatic rings. The summed E-state index contributed by atoms with van der Waals surface area (Å²) in [5, 5.41) is 3.66. The van der Waals surface area contributed by atoms with Crippen molar-refractivity contribution in [3.05, 3.63) is 95.1 Å². The molecule has 232 valence electrons. The van der Waals surface area contributed by atoms with Crippen LogP contribution in [0.2, 0.25) is 0 Å². The fourth-order valence-electron chi connectivity index (χ4n) is 5.95. The van der Waals surface area contributed by atoms with E-state index in [4.69, 9.17) is 4.74 Å². The average molecular weight is 601 g/mol. The quantitative estimate of drug-likeness (QED) is 0.231. The van der Waals surface area contributed by atoms with Crippen LogP contribution in [0, 0.1) is 0 Å². The summed E-state index contributed by atoms with van der Waals surface area (Å²) >= 11 is 0. The third-order valence-corrected chi connectivity index (χ3v) is 12.6. The second kappa shape index (κ2) is 10.4. The molecule has 3 nitrogen and oxygen atoms in total. The van der Waals surface area contributed by atoms with Crippen LogP contribution >= 0.6 is 7.06 Å². The number of fused-ring (bicyclic) bond motifs is 1. The van der Waals surface area contributed by atoms with E-state index in [9.17, 15) is 9.79 Å². The van der Waals surface area contributed by atoms with Crippen molar-refractivity contribution in [3.63, 3.8) is 0 Å². The fraction of sp³-hybridized carbons (Fsp3) is 0.436. The van der Waals surface area contributed by atoms with E-state index in [1.807, 2.05) is 48.5 Å².